The smallest absolute Gasteiger partial charge is 0.207 e. The first-order valence-electron chi connectivity index (χ1n) is 6.41. The first-order valence-corrected chi connectivity index (χ1v) is 8.79. The van der Waals surface area contributed by atoms with E-state index >= 15 is 0 Å². The quantitative estimate of drug-likeness (QED) is 0.810. The van der Waals surface area contributed by atoms with Crippen molar-refractivity contribution in [3.63, 3.8) is 0 Å². The highest BCUT2D eigenvalue weighted by molar-refractivity contribution is 7.89. The van der Waals surface area contributed by atoms with Crippen LogP contribution in [0.4, 0.5) is 8.78 Å². The topological polar surface area (TPSA) is 37.4 Å². The van der Waals surface area contributed by atoms with Crippen LogP contribution in [0.5, 0.6) is 0 Å². The zero-order valence-electron chi connectivity index (χ0n) is 11.4. The number of hydrogen-bond donors (Lipinski definition) is 0. The Kier molecular flexibility index (Phi) is 5.08. The van der Waals surface area contributed by atoms with E-state index in [2.05, 4.69) is 0 Å². The van der Waals surface area contributed by atoms with Gasteiger partial charge in [-0.2, -0.15) is 15.6 Å². The molecule has 114 valence electrons. The number of rotatable bonds is 6. The second kappa shape index (κ2) is 6.64. The summed E-state index contributed by atoms with van der Waals surface area (Å²) in [7, 11) is -3.99. The van der Waals surface area contributed by atoms with Gasteiger partial charge >= 0.3 is 0 Å². The molecule has 1 heterocycles. The second-order valence-electron chi connectivity index (χ2n) is 4.54. The van der Waals surface area contributed by atoms with Crippen molar-refractivity contribution in [1.29, 1.82) is 0 Å². The van der Waals surface area contributed by atoms with Crippen LogP contribution in [0.15, 0.2) is 39.9 Å². The van der Waals surface area contributed by atoms with Crippen molar-refractivity contribution in [2.24, 2.45) is 0 Å². The van der Waals surface area contributed by atoms with Gasteiger partial charge in [-0.1, -0.05) is 6.92 Å². The molecule has 3 nitrogen and oxygen atoms in total. The third kappa shape index (κ3) is 3.66. The van der Waals surface area contributed by atoms with Crippen LogP contribution in [0.1, 0.15) is 18.9 Å². The van der Waals surface area contributed by atoms with Crippen LogP contribution in [-0.4, -0.2) is 19.3 Å². The van der Waals surface area contributed by atoms with Crippen molar-refractivity contribution in [1.82, 2.24) is 4.31 Å². The summed E-state index contributed by atoms with van der Waals surface area (Å²) < 4.78 is 53.0. The van der Waals surface area contributed by atoms with Crippen LogP contribution >= 0.6 is 11.3 Å². The van der Waals surface area contributed by atoms with Gasteiger partial charge in [0.05, 0.1) is 0 Å². The molecule has 21 heavy (non-hydrogen) atoms. The Morgan fingerprint density at radius 1 is 1.24 bits per heavy atom. The monoisotopic (exact) mass is 331 g/mol. The molecule has 0 aliphatic carbocycles. The Hall–Kier alpha value is -1.31. The maximum atomic E-state index is 13.8. The Morgan fingerprint density at radius 3 is 2.57 bits per heavy atom. The molecule has 0 unspecified atom stereocenters. The molecule has 1 aromatic heterocycles. The zero-order chi connectivity index (χ0) is 15.5. The van der Waals surface area contributed by atoms with Gasteiger partial charge in [-0.05, 0) is 40.9 Å². The standard InChI is InChI=1S/C14H15F2NO2S2/c1-2-6-17(9-11-5-7-20-10-11)21(18,19)14-4-3-12(15)8-13(14)16/h3-5,7-8,10H,2,6,9H2,1H3. The van der Waals surface area contributed by atoms with E-state index in [-0.39, 0.29) is 13.1 Å². The van der Waals surface area contributed by atoms with Crippen LogP contribution in [0.2, 0.25) is 0 Å². The summed E-state index contributed by atoms with van der Waals surface area (Å²) in [6.07, 6.45) is 0.603. The molecule has 0 aliphatic heterocycles. The highest BCUT2D eigenvalue weighted by Crippen LogP contribution is 2.22. The molecular weight excluding hydrogens is 316 g/mol. The predicted molar refractivity (Wildman–Crippen MR) is 78.6 cm³/mol. The average molecular weight is 331 g/mol. The van der Waals surface area contributed by atoms with E-state index in [1.165, 1.54) is 15.6 Å². The van der Waals surface area contributed by atoms with Crippen molar-refractivity contribution in [2.45, 2.75) is 24.8 Å². The van der Waals surface area contributed by atoms with Crippen molar-refractivity contribution in [3.05, 3.63) is 52.2 Å². The van der Waals surface area contributed by atoms with Crippen molar-refractivity contribution in [2.75, 3.05) is 6.54 Å². The molecule has 2 rings (SSSR count). The fourth-order valence-corrected chi connectivity index (χ4v) is 4.17. The summed E-state index contributed by atoms with van der Waals surface area (Å²) in [5.74, 6) is -1.87. The molecule has 0 radical (unpaired) electrons. The normalized spacial score (nSPS) is 12.0. The maximum absolute atomic E-state index is 13.8. The fourth-order valence-electron chi connectivity index (χ4n) is 1.94. The van der Waals surface area contributed by atoms with Crippen molar-refractivity contribution in [3.8, 4) is 0 Å². The minimum absolute atomic E-state index is 0.177. The summed E-state index contributed by atoms with van der Waals surface area (Å²) in [6, 6.07) is 4.33. The Labute approximate surface area is 126 Å². The van der Waals surface area contributed by atoms with E-state index in [0.717, 1.165) is 17.7 Å². The molecular formula is C14H15F2NO2S2. The molecule has 0 saturated heterocycles. The maximum Gasteiger partial charge on any atom is 0.246 e. The number of sulfonamides is 1. The Bertz CT molecular complexity index is 700. The molecule has 0 fully saturated rings. The molecule has 1 aromatic carbocycles. The number of nitrogens with zero attached hydrogens (tertiary/aromatic N) is 1. The summed E-state index contributed by atoms with van der Waals surface area (Å²) in [4.78, 5) is -0.493. The van der Waals surface area contributed by atoms with Gasteiger partial charge in [0.25, 0.3) is 0 Å². The summed E-state index contributed by atoms with van der Waals surface area (Å²) in [6.45, 7) is 2.29. The molecule has 0 aliphatic rings. The van der Waals surface area contributed by atoms with Gasteiger partial charge in [-0.25, -0.2) is 17.2 Å². The number of thiophene rings is 1. The summed E-state index contributed by atoms with van der Waals surface area (Å²) >= 11 is 1.47. The molecule has 0 atom stereocenters. The Morgan fingerprint density at radius 2 is 2.00 bits per heavy atom. The van der Waals surface area contributed by atoms with Gasteiger partial charge in [-0.15, -0.1) is 0 Å². The number of hydrogen-bond acceptors (Lipinski definition) is 3. The van der Waals surface area contributed by atoms with Crippen molar-refractivity contribution >= 4 is 21.4 Å². The predicted octanol–water partition coefficient (Wildman–Crippen LogP) is 3.63. The highest BCUT2D eigenvalue weighted by atomic mass is 32.2. The first kappa shape index (κ1) is 16.1. The average Bonchev–Trinajstić information content (AvgIpc) is 2.90. The van der Waals surface area contributed by atoms with Crippen molar-refractivity contribution < 1.29 is 17.2 Å². The SMILES string of the molecule is CCCN(Cc1ccsc1)S(=O)(=O)c1ccc(F)cc1F. The number of halogens is 2. The van der Waals surface area contributed by atoms with Crippen LogP contribution in [0, 0.1) is 11.6 Å². The van der Waals surface area contributed by atoms with Crippen LogP contribution in [0.25, 0.3) is 0 Å². The molecule has 0 saturated carbocycles. The minimum Gasteiger partial charge on any atom is -0.207 e. The van der Waals surface area contributed by atoms with Gasteiger partial charge in [0.2, 0.25) is 10.0 Å². The van der Waals surface area contributed by atoms with Gasteiger partial charge in [0.1, 0.15) is 16.5 Å². The third-order valence-corrected chi connectivity index (χ3v) is 5.53. The molecule has 2 aromatic rings. The van der Waals surface area contributed by atoms with E-state index < -0.39 is 26.6 Å². The number of benzene rings is 1. The molecule has 0 bridgehead atoms. The van der Waals surface area contributed by atoms with E-state index in [4.69, 9.17) is 0 Å². The van der Waals surface area contributed by atoms with Crippen LogP contribution in [-0.2, 0) is 16.6 Å². The molecule has 0 spiro atoms. The van der Waals surface area contributed by atoms with Gasteiger partial charge < -0.3 is 0 Å². The molecule has 7 heteroatoms. The first-order chi connectivity index (χ1) is 9.95. The van der Waals surface area contributed by atoms with Gasteiger partial charge in [0.15, 0.2) is 0 Å². The molecule has 0 amide bonds. The second-order valence-corrected chi connectivity index (χ2v) is 7.23. The summed E-state index contributed by atoms with van der Waals surface area (Å²) in [5.41, 5.74) is 0.847. The fraction of sp³-hybridized carbons (Fsp3) is 0.286. The van der Waals surface area contributed by atoms with Gasteiger partial charge in [0, 0.05) is 19.2 Å². The zero-order valence-corrected chi connectivity index (χ0v) is 13.1. The van der Waals surface area contributed by atoms with Crippen LogP contribution in [0.3, 0.4) is 0 Å². The Balaban J connectivity index is 2.37. The lowest BCUT2D eigenvalue weighted by Crippen LogP contribution is -2.31. The van der Waals surface area contributed by atoms with Gasteiger partial charge in [-0.3, -0.25) is 0 Å². The lowest BCUT2D eigenvalue weighted by atomic mass is 10.3. The lowest BCUT2D eigenvalue weighted by molar-refractivity contribution is 0.402. The summed E-state index contributed by atoms with van der Waals surface area (Å²) in [5, 5.41) is 3.70. The van der Waals surface area contributed by atoms with Crippen LogP contribution < -0.4 is 0 Å². The highest BCUT2D eigenvalue weighted by Gasteiger charge is 2.27. The van der Waals surface area contributed by atoms with E-state index in [1.54, 1.807) is 0 Å². The van der Waals surface area contributed by atoms with E-state index in [9.17, 15) is 17.2 Å². The minimum atomic E-state index is -3.99. The largest absolute Gasteiger partial charge is 0.246 e. The molecule has 0 N–H and O–H groups in total. The lowest BCUT2D eigenvalue weighted by Gasteiger charge is -2.21. The third-order valence-electron chi connectivity index (χ3n) is 2.92. The van der Waals surface area contributed by atoms with E-state index in [0.29, 0.717) is 12.5 Å². The van der Waals surface area contributed by atoms with E-state index in [1.807, 2.05) is 23.8 Å².